The number of benzene rings is 1. The van der Waals surface area contributed by atoms with E-state index in [-0.39, 0.29) is 11.3 Å². The van der Waals surface area contributed by atoms with Crippen LogP contribution in [-0.2, 0) is 9.59 Å². The number of aliphatic imine (C=N–C) groups is 1. The van der Waals surface area contributed by atoms with Gasteiger partial charge < -0.3 is 10.4 Å². The molecule has 11 nitrogen and oxygen atoms in total. The number of amides is 1. The predicted molar refractivity (Wildman–Crippen MR) is 109 cm³/mol. The van der Waals surface area contributed by atoms with Crippen LogP contribution in [0.2, 0.25) is 0 Å². The molecular weight excluding hydrogens is 392 g/mol. The Morgan fingerprint density at radius 3 is 2.63 bits per heavy atom. The molecule has 0 radical (unpaired) electrons. The minimum Gasteiger partial charge on any atom is -0.478 e. The topological polar surface area (TPSA) is 171 Å². The summed E-state index contributed by atoms with van der Waals surface area (Å²) in [6.07, 6.45) is 2.98. The maximum Gasteiger partial charge on any atom is 0.334 e. The number of carboxylic acids is 1. The second kappa shape index (κ2) is 10.7. The number of non-ortho nitro benzene ring substituents is 1. The maximum absolute atomic E-state index is 12.1. The lowest BCUT2D eigenvalue weighted by molar-refractivity contribution is -0.384. The summed E-state index contributed by atoms with van der Waals surface area (Å²) in [6.45, 7) is 2.08. The third kappa shape index (κ3) is 5.42. The Bertz CT molecular complexity index is 918. The van der Waals surface area contributed by atoms with Gasteiger partial charge in [-0.1, -0.05) is 23.7 Å². The lowest BCUT2D eigenvalue weighted by atomic mass is 9.79. The number of azide groups is 1. The van der Waals surface area contributed by atoms with Gasteiger partial charge in [-0.15, -0.1) is 0 Å². The van der Waals surface area contributed by atoms with E-state index >= 15 is 0 Å². The zero-order valence-corrected chi connectivity index (χ0v) is 16.4. The van der Waals surface area contributed by atoms with Crippen molar-refractivity contribution in [2.75, 3.05) is 6.54 Å². The zero-order chi connectivity index (χ0) is 22.1. The van der Waals surface area contributed by atoms with Gasteiger partial charge in [0, 0.05) is 35.2 Å². The number of allylic oxidation sites excluding steroid dienone is 1. The van der Waals surface area contributed by atoms with E-state index in [0.717, 1.165) is 6.42 Å². The summed E-state index contributed by atoms with van der Waals surface area (Å²) in [7, 11) is 0. The summed E-state index contributed by atoms with van der Waals surface area (Å²) in [5.74, 6) is -1.89. The summed E-state index contributed by atoms with van der Waals surface area (Å²) in [6, 6.07) is 4.94. The van der Waals surface area contributed by atoms with Crippen molar-refractivity contribution in [1.29, 1.82) is 0 Å². The molecule has 0 fully saturated rings. The Morgan fingerprint density at radius 1 is 1.37 bits per heavy atom. The van der Waals surface area contributed by atoms with E-state index in [1.165, 1.54) is 24.3 Å². The van der Waals surface area contributed by atoms with Crippen LogP contribution in [-0.4, -0.2) is 40.7 Å². The van der Waals surface area contributed by atoms with E-state index in [9.17, 15) is 24.8 Å². The van der Waals surface area contributed by atoms with Crippen molar-refractivity contribution in [3.05, 3.63) is 61.7 Å². The molecule has 2 atom stereocenters. The smallest absolute Gasteiger partial charge is 0.334 e. The molecule has 158 valence electrons. The molecule has 2 rings (SSSR count). The predicted octanol–water partition coefficient (Wildman–Crippen LogP) is 3.48. The number of nitro groups is 1. The first-order chi connectivity index (χ1) is 14.4. The van der Waals surface area contributed by atoms with Crippen LogP contribution >= 0.6 is 0 Å². The van der Waals surface area contributed by atoms with Crippen molar-refractivity contribution >= 4 is 23.8 Å². The SMILES string of the molecule is CC1=NC(CCCCCN=[N+]=[N-])=C(C(=O)O)C(c2ccc([N+](=O)[O-])cc2)C1NC=O. The van der Waals surface area contributed by atoms with Crippen LogP contribution in [0.3, 0.4) is 0 Å². The number of hydrogen-bond donors (Lipinski definition) is 2. The van der Waals surface area contributed by atoms with Gasteiger partial charge in [0.1, 0.15) is 0 Å². The van der Waals surface area contributed by atoms with Gasteiger partial charge in [-0.05, 0) is 37.3 Å². The van der Waals surface area contributed by atoms with E-state index in [1.54, 1.807) is 6.92 Å². The number of unbranched alkanes of at least 4 members (excludes halogenated alkanes) is 2. The van der Waals surface area contributed by atoms with Gasteiger partial charge in [0.05, 0.1) is 22.2 Å². The third-order valence-electron chi connectivity index (χ3n) is 4.89. The Kier molecular flexibility index (Phi) is 8.07. The maximum atomic E-state index is 12.1. The van der Waals surface area contributed by atoms with Gasteiger partial charge in [0.15, 0.2) is 0 Å². The summed E-state index contributed by atoms with van der Waals surface area (Å²) in [5, 5.41) is 27.0. The molecule has 0 saturated heterocycles. The first-order valence-electron chi connectivity index (χ1n) is 9.37. The van der Waals surface area contributed by atoms with E-state index < -0.39 is 22.9 Å². The molecule has 1 amide bonds. The van der Waals surface area contributed by atoms with Gasteiger partial charge in [-0.25, -0.2) is 4.79 Å². The highest BCUT2D eigenvalue weighted by molar-refractivity contribution is 5.99. The van der Waals surface area contributed by atoms with Crippen molar-refractivity contribution < 1.29 is 19.6 Å². The molecule has 0 aromatic heterocycles. The molecule has 0 spiro atoms. The van der Waals surface area contributed by atoms with Crippen LogP contribution in [0.5, 0.6) is 0 Å². The highest BCUT2D eigenvalue weighted by Gasteiger charge is 2.37. The Balaban J connectivity index is 2.39. The van der Waals surface area contributed by atoms with Crippen molar-refractivity contribution in [3.63, 3.8) is 0 Å². The minimum absolute atomic E-state index is 0.0591. The normalized spacial score (nSPS) is 18.2. The number of carboxylic acid groups (broad SMARTS) is 1. The molecular formula is C19H22N6O5. The molecule has 1 aliphatic rings. The molecule has 0 saturated carbocycles. The molecule has 30 heavy (non-hydrogen) atoms. The van der Waals surface area contributed by atoms with Gasteiger partial charge in [-0.2, -0.15) is 0 Å². The fourth-order valence-electron chi connectivity index (χ4n) is 3.53. The van der Waals surface area contributed by atoms with Crippen LogP contribution in [0.25, 0.3) is 10.4 Å². The van der Waals surface area contributed by atoms with Gasteiger partial charge >= 0.3 is 5.97 Å². The van der Waals surface area contributed by atoms with E-state index in [4.69, 9.17) is 5.53 Å². The molecule has 1 aromatic carbocycles. The molecule has 1 aromatic rings. The van der Waals surface area contributed by atoms with Crippen LogP contribution in [0.15, 0.2) is 45.6 Å². The second-order valence-corrected chi connectivity index (χ2v) is 6.77. The molecule has 0 bridgehead atoms. The number of nitrogens with zero attached hydrogens (tertiary/aromatic N) is 5. The van der Waals surface area contributed by atoms with Crippen LogP contribution in [0, 0.1) is 10.1 Å². The molecule has 1 aliphatic heterocycles. The largest absolute Gasteiger partial charge is 0.478 e. The first kappa shape index (κ1) is 22.6. The Labute approximate surface area is 172 Å². The number of hydrogen-bond acceptors (Lipinski definition) is 6. The van der Waals surface area contributed by atoms with Crippen molar-refractivity contribution in [2.24, 2.45) is 10.1 Å². The number of aliphatic carboxylic acids is 1. The molecule has 2 unspecified atom stereocenters. The van der Waals surface area contributed by atoms with E-state index in [1.807, 2.05) is 0 Å². The lowest BCUT2D eigenvalue weighted by Crippen LogP contribution is -2.44. The average molecular weight is 414 g/mol. The zero-order valence-electron chi connectivity index (χ0n) is 16.4. The number of nitrogens with one attached hydrogen (secondary N) is 1. The highest BCUT2D eigenvalue weighted by Crippen LogP contribution is 2.37. The van der Waals surface area contributed by atoms with E-state index in [0.29, 0.717) is 49.2 Å². The third-order valence-corrected chi connectivity index (χ3v) is 4.89. The molecule has 1 heterocycles. The minimum atomic E-state index is -1.16. The van der Waals surface area contributed by atoms with Crippen molar-refractivity contribution in [3.8, 4) is 0 Å². The van der Waals surface area contributed by atoms with Gasteiger partial charge in [-0.3, -0.25) is 19.9 Å². The number of nitro benzene ring substituents is 1. The van der Waals surface area contributed by atoms with Crippen molar-refractivity contribution in [1.82, 2.24) is 5.32 Å². The monoisotopic (exact) mass is 414 g/mol. The van der Waals surface area contributed by atoms with Crippen LogP contribution < -0.4 is 5.32 Å². The standard InChI is InChI=1S/C19H22N6O5/c1-12-18(21-11-26)16(13-6-8-14(9-7-13)25(29)30)17(19(27)28)15(23-12)5-3-2-4-10-22-24-20/h6-9,11,16,18H,2-5,10H2,1H3,(H,21,26)(H,27,28). The highest BCUT2D eigenvalue weighted by atomic mass is 16.6. The average Bonchev–Trinajstić information content (AvgIpc) is 2.72. The number of carbonyl (C=O) groups is 2. The fourth-order valence-corrected chi connectivity index (χ4v) is 3.53. The summed E-state index contributed by atoms with van der Waals surface area (Å²) >= 11 is 0. The first-order valence-corrected chi connectivity index (χ1v) is 9.37. The van der Waals surface area contributed by atoms with E-state index in [2.05, 4.69) is 20.3 Å². The molecule has 2 N–H and O–H groups in total. The van der Waals surface area contributed by atoms with Crippen LogP contribution in [0.1, 0.15) is 44.1 Å². The molecule has 0 aliphatic carbocycles. The lowest BCUT2D eigenvalue weighted by Gasteiger charge is -2.32. The number of rotatable bonds is 11. The fraction of sp³-hybridized carbons (Fsp3) is 0.421. The Morgan fingerprint density at radius 2 is 2.07 bits per heavy atom. The van der Waals surface area contributed by atoms with Crippen molar-refractivity contribution in [2.45, 2.75) is 44.6 Å². The summed E-state index contributed by atoms with van der Waals surface area (Å²) in [5.41, 5.74) is 9.76. The van der Waals surface area contributed by atoms with Gasteiger partial charge in [0.2, 0.25) is 6.41 Å². The number of carbonyl (C=O) groups excluding carboxylic acids is 1. The summed E-state index contributed by atoms with van der Waals surface area (Å²) in [4.78, 5) is 40.8. The molecule has 11 heteroatoms. The second-order valence-electron chi connectivity index (χ2n) is 6.77. The van der Waals surface area contributed by atoms with Gasteiger partial charge in [0.25, 0.3) is 5.69 Å². The Hall–Kier alpha value is -3.72. The quantitative estimate of drug-likeness (QED) is 0.107. The summed E-state index contributed by atoms with van der Waals surface area (Å²) < 4.78 is 0. The van der Waals surface area contributed by atoms with Crippen LogP contribution in [0.4, 0.5) is 5.69 Å².